The van der Waals surface area contributed by atoms with Gasteiger partial charge in [0.1, 0.15) is 12.4 Å². The van der Waals surface area contributed by atoms with Crippen LogP contribution in [0.25, 0.3) is 10.8 Å². The monoisotopic (exact) mass is 525 g/mol. The molecule has 0 aliphatic carbocycles. The SMILES string of the molecule is CN(C)CCCNC(=O)/C(=C/CCCCC(=O)NO)COc1cccc2ccccc12.O=P(O)(O)O. The third-order valence-corrected chi connectivity index (χ3v) is 4.87. The van der Waals surface area contributed by atoms with Crippen molar-refractivity contribution in [2.45, 2.75) is 32.1 Å². The Morgan fingerprint density at radius 3 is 2.36 bits per heavy atom. The first-order valence-corrected chi connectivity index (χ1v) is 13.0. The molecule has 200 valence electrons. The molecule has 11 nitrogen and oxygen atoms in total. The van der Waals surface area contributed by atoms with Crippen molar-refractivity contribution in [3.05, 3.63) is 54.1 Å². The smallest absolute Gasteiger partial charge is 0.466 e. The Morgan fingerprint density at radius 1 is 1.03 bits per heavy atom. The number of rotatable bonds is 13. The van der Waals surface area contributed by atoms with Crippen LogP contribution in [0.3, 0.4) is 0 Å². The van der Waals surface area contributed by atoms with Crippen molar-refractivity contribution in [1.82, 2.24) is 15.7 Å². The maximum absolute atomic E-state index is 12.7. The van der Waals surface area contributed by atoms with Crippen LogP contribution < -0.4 is 15.5 Å². The van der Waals surface area contributed by atoms with E-state index in [4.69, 9.17) is 29.2 Å². The lowest BCUT2D eigenvalue weighted by atomic mass is 10.1. The van der Waals surface area contributed by atoms with E-state index in [1.165, 1.54) is 0 Å². The molecule has 0 radical (unpaired) electrons. The molecule has 36 heavy (non-hydrogen) atoms. The standard InChI is InChI=1S/C24H33N3O4.H3O4P/c1-27(2)17-9-16-25-24(29)20(11-4-3-5-15-23(28)26-30)18-31-22-14-8-12-19-10-6-7-13-21(19)22;1-5(2,3)4/h6-8,10-14,30H,3-5,9,15-18H2,1-2H3,(H,25,29)(H,26,28);(H3,1,2,3,4)/b20-11+;. The number of benzene rings is 2. The van der Waals surface area contributed by atoms with E-state index < -0.39 is 13.7 Å². The number of hydroxylamine groups is 1. The van der Waals surface area contributed by atoms with Crippen LogP contribution in [0.5, 0.6) is 5.75 Å². The van der Waals surface area contributed by atoms with E-state index in [9.17, 15) is 9.59 Å². The second kappa shape index (κ2) is 16.8. The molecular formula is C24H36N3O8P. The molecule has 0 fully saturated rings. The Morgan fingerprint density at radius 2 is 1.69 bits per heavy atom. The van der Waals surface area contributed by atoms with Crippen LogP contribution in [0.15, 0.2) is 54.1 Å². The maximum atomic E-state index is 12.7. The maximum Gasteiger partial charge on any atom is 0.466 e. The van der Waals surface area contributed by atoms with Gasteiger partial charge in [-0.15, -0.1) is 0 Å². The highest BCUT2D eigenvalue weighted by molar-refractivity contribution is 7.45. The normalized spacial score (nSPS) is 11.6. The Bertz CT molecular complexity index is 1030. The van der Waals surface area contributed by atoms with Crippen LogP contribution in [0.1, 0.15) is 32.1 Å². The zero-order valence-electron chi connectivity index (χ0n) is 20.6. The Labute approximate surface area is 211 Å². The summed E-state index contributed by atoms with van der Waals surface area (Å²) in [6.45, 7) is 1.67. The number of hydrogen-bond donors (Lipinski definition) is 6. The molecule has 0 saturated heterocycles. The molecule has 0 unspecified atom stereocenters. The third kappa shape index (κ3) is 14.6. The number of fused-ring (bicyclic) bond motifs is 1. The van der Waals surface area contributed by atoms with Crippen LogP contribution >= 0.6 is 7.82 Å². The summed E-state index contributed by atoms with van der Waals surface area (Å²) in [7, 11) is -0.634. The lowest BCUT2D eigenvalue weighted by Gasteiger charge is -2.14. The van der Waals surface area contributed by atoms with Gasteiger partial charge < -0.3 is 29.6 Å². The molecule has 0 heterocycles. The fraction of sp³-hybridized carbons (Fsp3) is 0.417. The summed E-state index contributed by atoms with van der Waals surface area (Å²) in [5.41, 5.74) is 2.20. The average Bonchev–Trinajstić information content (AvgIpc) is 2.82. The summed E-state index contributed by atoms with van der Waals surface area (Å²) in [4.78, 5) is 47.5. The van der Waals surface area contributed by atoms with Crippen molar-refractivity contribution in [3.8, 4) is 5.75 Å². The van der Waals surface area contributed by atoms with E-state index in [1.54, 1.807) is 5.48 Å². The van der Waals surface area contributed by atoms with Crippen molar-refractivity contribution >= 4 is 30.4 Å². The number of amides is 2. The molecule has 0 aliphatic heterocycles. The summed E-state index contributed by atoms with van der Waals surface area (Å²) in [6, 6.07) is 13.8. The number of hydrogen-bond acceptors (Lipinski definition) is 6. The van der Waals surface area contributed by atoms with Crippen LogP contribution in [0, 0.1) is 0 Å². The molecule has 0 atom stereocenters. The van der Waals surface area contributed by atoms with E-state index in [-0.39, 0.29) is 18.9 Å². The lowest BCUT2D eigenvalue weighted by Crippen LogP contribution is -2.30. The lowest BCUT2D eigenvalue weighted by molar-refractivity contribution is -0.129. The second-order valence-corrected chi connectivity index (χ2v) is 9.23. The minimum atomic E-state index is -4.64. The predicted molar refractivity (Wildman–Crippen MR) is 136 cm³/mol. The highest BCUT2D eigenvalue weighted by Gasteiger charge is 2.11. The summed E-state index contributed by atoms with van der Waals surface area (Å²) >= 11 is 0. The van der Waals surface area contributed by atoms with Crippen molar-refractivity contribution in [1.29, 1.82) is 0 Å². The number of unbranched alkanes of at least 4 members (excludes halogenated alkanes) is 2. The van der Waals surface area contributed by atoms with E-state index in [2.05, 4.69) is 10.2 Å². The minimum absolute atomic E-state index is 0.132. The van der Waals surface area contributed by atoms with Gasteiger partial charge in [0, 0.05) is 18.4 Å². The summed E-state index contributed by atoms with van der Waals surface area (Å²) in [5, 5.41) is 13.6. The van der Waals surface area contributed by atoms with Crippen LogP contribution in [-0.2, 0) is 14.2 Å². The molecule has 0 saturated carbocycles. The molecule has 0 bridgehead atoms. The van der Waals surface area contributed by atoms with Gasteiger partial charge in [0.25, 0.3) is 0 Å². The first-order chi connectivity index (χ1) is 17.0. The Kier molecular flexibility index (Phi) is 14.6. The molecule has 2 rings (SSSR count). The van der Waals surface area contributed by atoms with E-state index >= 15 is 0 Å². The van der Waals surface area contributed by atoms with Crippen LogP contribution in [-0.4, -0.2) is 70.4 Å². The number of ether oxygens (including phenoxy) is 1. The molecule has 0 spiro atoms. The summed E-state index contributed by atoms with van der Waals surface area (Å²) in [5.74, 6) is 0.207. The van der Waals surface area contributed by atoms with Gasteiger partial charge in [-0.25, -0.2) is 10.0 Å². The Hall–Kier alpha value is -2.79. The Balaban J connectivity index is 0.00000118. The number of nitrogens with one attached hydrogen (secondary N) is 2. The van der Waals surface area contributed by atoms with Crippen LogP contribution in [0.2, 0.25) is 0 Å². The van der Waals surface area contributed by atoms with Gasteiger partial charge >= 0.3 is 7.82 Å². The fourth-order valence-electron chi connectivity index (χ4n) is 3.17. The molecular weight excluding hydrogens is 489 g/mol. The van der Waals surface area contributed by atoms with Gasteiger partial charge in [0.15, 0.2) is 0 Å². The van der Waals surface area contributed by atoms with E-state index in [0.717, 1.165) is 35.9 Å². The highest BCUT2D eigenvalue weighted by atomic mass is 31.2. The van der Waals surface area contributed by atoms with Crippen molar-refractivity contribution in [2.24, 2.45) is 0 Å². The van der Waals surface area contributed by atoms with Gasteiger partial charge in [0.05, 0.1) is 5.57 Å². The number of carbonyl (C=O) groups is 2. The largest absolute Gasteiger partial charge is 0.488 e. The van der Waals surface area contributed by atoms with Crippen molar-refractivity contribution in [3.63, 3.8) is 0 Å². The average molecular weight is 526 g/mol. The zero-order chi connectivity index (χ0) is 27.0. The second-order valence-electron chi connectivity index (χ2n) is 8.20. The van der Waals surface area contributed by atoms with Crippen LogP contribution in [0.4, 0.5) is 0 Å². The van der Waals surface area contributed by atoms with Gasteiger partial charge in [0.2, 0.25) is 11.8 Å². The summed E-state index contributed by atoms with van der Waals surface area (Å²) in [6.07, 6.45) is 5.01. The van der Waals surface area contributed by atoms with Crippen molar-refractivity contribution < 1.29 is 38.8 Å². The zero-order valence-corrected chi connectivity index (χ0v) is 21.5. The van der Waals surface area contributed by atoms with E-state index in [1.807, 2.05) is 62.6 Å². The molecule has 2 aromatic rings. The van der Waals surface area contributed by atoms with Gasteiger partial charge in [-0.2, -0.15) is 0 Å². The number of carbonyl (C=O) groups excluding carboxylic acids is 2. The topological polar surface area (TPSA) is 169 Å². The highest BCUT2D eigenvalue weighted by Crippen LogP contribution is 2.26. The number of nitrogens with zero attached hydrogens (tertiary/aromatic N) is 1. The first kappa shape index (κ1) is 31.2. The number of allylic oxidation sites excluding steroid dienone is 1. The molecule has 6 N–H and O–H groups in total. The minimum Gasteiger partial charge on any atom is -0.488 e. The molecule has 12 heteroatoms. The van der Waals surface area contributed by atoms with Crippen molar-refractivity contribution in [2.75, 3.05) is 33.8 Å². The first-order valence-electron chi connectivity index (χ1n) is 11.4. The quantitative estimate of drug-likeness (QED) is 0.0756. The van der Waals surface area contributed by atoms with Gasteiger partial charge in [-0.05, 0) is 57.8 Å². The summed E-state index contributed by atoms with van der Waals surface area (Å²) < 4.78 is 14.9. The fourth-order valence-corrected chi connectivity index (χ4v) is 3.17. The van der Waals surface area contributed by atoms with Gasteiger partial charge in [-0.1, -0.05) is 42.5 Å². The molecule has 0 aliphatic rings. The van der Waals surface area contributed by atoms with Gasteiger partial charge in [-0.3, -0.25) is 14.8 Å². The molecule has 2 amide bonds. The third-order valence-electron chi connectivity index (χ3n) is 4.87. The molecule has 2 aromatic carbocycles. The molecule has 0 aromatic heterocycles. The predicted octanol–water partition coefficient (Wildman–Crippen LogP) is 2.35. The number of phosphoric acid groups is 1. The van der Waals surface area contributed by atoms with E-state index in [0.29, 0.717) is 25.0 Å².